The Morgan fingerprint density at radius 3 is 2.88 bits per heavy atom. The average molecular weight is 491 g/mol. The molecule has 5 rings (SSSR count). The van der Waals surface area contributed by atoms with Crippen molar-refractivity contribution >= 4 is 34.6 Å². The molecule has 0 radical (unpaired) electrons. The van der Waals surface area contributed by atoms with Gasteiger partial charge in [-0.15, -0.1) is 0 Å². The molecular weight excluding hydrogens is 470 g/mol. The molecule has 0 fully saturated rings. The lowest BCUT2D eigenvalue weighted by Gasteiger charge is -2.45. The summed E-state index contributed by atoms with van der Waals surface area (Å²) >= 11 is 13.1. The fourth-order valence-corrected chi connectivity index (χ4v) is 4.79. The Labute approximate surface area is 200 Å². The molecule has 4 heterocycles. The normalized spacial score (nSPS) is 21.5. The van der Waals surface area contributed by atoms with Crippen molar-refractivity contribution in [3.63, 3.8) is 0 Å². The number of pyridine rings is 2. The summed E-state index contributed by atoms with van der Waals surface area (Å²) in [5.74, 6) is -1.05. The van der Waals surface area contributed by atoms with Crippen molar-refractivity contribution in [2.45, 2.75) is 38.3 Å². The largest absolute Gasteiger partial charge is 0.484 e. The highest BCUT2D eigenvalue weighted by Crippen LogP contribution is 2.46. The van der Waals surface area contributed by atoms with E-state index in [1.54, 1.807) is 30.2 Å². The van der Waals surface area contributed by atoms with Gasteiger partial charge in [0.15, 0.2) is 0 Å². The Hall–Kier alpha value is -2.81. The smallest absolute Gasteiger partial charge is 0.237 e. The minimum Gasteiger partial charge on any atom is -0.484 e. The summed E-state index contributed by atoms with van der Waals surface area (Å²) in [5, 5.41) is 15.2. The SMILES string of the molecule is COc1ncc(Cl)c2c1NC(C)(O)N(c1cc3c(cc1Cl)CCC(c1ncccc1F)O3)C2. The number of fused-ring (bicyclic) bond motifs is 2. The van der Waals surface area contributed by atoms with Crippen LogP contribution in [-0.4, -0.2) is 28.0 Å². The third kappa shape index (κ3) is 3.82. The van der Waals surface area contributed by atoms with Crippen LogP contribution in [0.1, 0.15) is 36.3 Å². The molecule has 0 saturated heterocycles. The summed E-state index contributed by atoms with van der Waals surface area (Å²) in [6.45, 7) is 1.84. The van der Waals surface area contributed by atoms with Gasteiger partial charge in [-0.2, -0.15) is 0 Å². The Kier molecular flexibility index (Phi) is 5.47. The predicted molar refractivity (Wildman–Crippen MR) is 124 cm³/mol. The lowest BCUT2D eigenvalue weighted by Crippen LogP contribution is -2.55. The van der Waals surface area contributed by atoms with Crippen LogP contribution in [0.15, 0.2) is 36.7 Å². The maximum Gasteiger partial charge on any atom is 0.237 e. The van der Waals surface area contributed by atoms with Gasteiger partial charge in [-0.25, -0.2) is 9.37 Å². The number of nitrogens with one attached hydrogen (secondary N) is 1. The molecule has 2 unspecified atom stereocenters. The first-order valence-corrected chi connectivity index (χ1v) is 11.1. The second kappa shape index (κ2) is 8.20. The molecule has 0 spiro atoms. The third-order valence-corrected chi connectivity index (χ3v) is 6.58. The van der Waals surface area contributed by atoms with Gasteiger partial charge in [0.1, 0.15) is 29.1 Å². The fourth-order valence-electron chi connectivity index (χ4n) is 4.30. The van der Waals surface area contributed by atoms with E-state index in [-0.39, 0.29) is 12.2 Å². The van der Waals surface area contributed by atoms with E-state index in [2.05, 4.69) is 15.3 Å². The van der Waals surface area contributed by atoms with Gasteiger partial charge in [-0.1, -0.05) is 23.2 Å². The van der Waals surface area contributed by atoms with Gasteiger partial charge in [0.2, 0.25) is 11.7 Å². The third-order valence-electron chi connectivity index (χ3n) is 5.95. The number of hydrogen-bond donors (Lipinski definition) is 2. The zero-order valence-corrected chi connectivity index (χ0v) is 19.4. The highest BCUT2D eigenvalue weighted by atomic mass is 35.5. The van der Waals surface area contributed by atoms with Crippen molar-refractivity contribution in [2.24, 2.45) is 0 Å². The number of ether oxygens (including phenoxy) is 2. The molecule has 2 N–H and O–H groups in total. The van der Waals surface area contributed by atoms with Crippen molar-refractivity contribution in [1.29, 1.82) is 0 Å². The highest BCUT2D eigenvalue weighted by molar-refractivity contribution is 6.33. The number of methoxy groups -OCH3 is 1. The monoisotopic (exact) mass is 490 g/mol. The molecule has 0 saturated carbocycles. The maximum absolute atomic E-state index is 14.3. The number of aromatic nitrogens is 2. The number of aliphatic hydroxyl groups is 1. The maximum atomic E-state index is 14.3. The van der Waals surface area contributed by atoms with Crippen LogP contribution in [0.5, 0.6) is 11.6 Å². The summed E-state index contributed by atoms with van der Waals surface area (Å²) in [6.07, 6.45) is 3.77. The Balaban J connectivity index is 1.53. The minimum atomic E-state index is -1.54. The molecule has 2 aliphatic heterocycles. The lowest BCUT2D eigenvalue weighted by molar-refractivity contribution is 0.0790. The van der Waals surface area contributed by atoms with Gasteiger partial charge < -0.3 is 24.8 Å². The number of aryl methyl sites for hydroxylation is 1. The zero-order valence-electron chi connectivity index (χ0n) is 17.9. The first kappa shape index (κ1) is 22.0. The van der Waals surface area contributed by atoms with E-state index in [4.69, 9.17) is 32.7 Å². The number of halogens is 3. The van der Waals surface area contributed by atoms with Crippen LogP contribution in [0, 0.1) is 5.82 Å². The van der Waals surface area contributed by atoms with Crippen LogP contribution in [0.3, 0.4) is 0 Å². The molecule has 172 valence electrons. The van der Waals surface area contributed by atoms with Crippen LogP contribution < -0.4 is 19.7 Å². The van der Waals surface area contributed by atoms with E-state index in [1.165, 1.54) is 19.4 Å². The van der Waals surface area contributed by atoms with Crippen molar-refractivity contribution < 1.29 is 19.0 Å². The second-order valence-corrected chi connectivity index (χ2v) is 8.94. The number of rotatable bonds is 3. The molecular formula is C23H21Cl2FN4O3. The molecule has 2 aromatic heterocycles. The van der Waals surface area contributed by atoms with E-state index in [0.29, 0.717) is 51.5 Å². The van der Waals surface area contributed by atoms with Gasteiger partial charge in [-0.05, 0) is 36.6 Å². The minimum absolute atomic E-state index is 0.240. The predicted octanol–water partition coefficient (Wildman–Crippen LogP) is 5.10. The van der Waals surface area contributed by atoms with Gasteiger partial charge in [-0.3, -0.25) is 4.98 Å². The van der Waals surface area contributed by atoms with Crippen molar-refractivity contribution in [3.05, 3.63) is 69.3 Å². The Morgan fingerprint density at radius 2 is 2.12 bits per heavy atom. The number of benzene rings is 1. The molecule has 33 heavy (non-hydrogen) atoms. The molecule has 0 amide bonds. The lowest BCUT2D eigenvalue weighted by atomic mass is 9.98. The molecule has 2 aliphatic rings. The quantitative estimate of drug-likeness (QED) is 0.528. The van der Waals surface area contributed by atoms with Crippen molar-refractivity contribution in [3.8, 4) is 11.6 Å². The van der Waals surface area contributed by atoms with E-state index in [1.807, 2.05) is 6.07 Å². The topological polar surface area (TPSA) is 79.7 Å². The standard InChI is InChI=1S/C23H21Cl2FN4O3/c1-23(31)29-20-13(15(25)10-28-22(20)32-2)11-30(23)17-9-19-12(8-14(17)24)5-6-18(33-19)21-16(26)4-3-7-27-21/h3-4,7-10,18,29,31H,5-6,11H2,1-2H3. The summed E-state index contributed by atoms with van der Waals surface area (Å²) in [5.41, 5.74) is 2.94. The summed E-state index contributed by atoms with van der Waals surface area (Å²) in [4.78, 5) is 10.0. The zero-order chi connectivity index (χ0) is 23.3. The van der Waals surface area contributed by atoms with Crippen molar-refractivity contribution in [1.82, 2.24) is 9.97 Å². The summed E-state index contributed by atoms with van der Waals surface area (Å²) < 4.78 is 25.7. The van der Waals surface area contributed by atoms with Crippen LogP contribution in [0.25, 0.3) is 0 Å². The van der Waals surface area contributed by atoms with Gasteiger partial charge in [0.25, 0.3) is 0 Å². The first-order valence-electron chi connectivity index (χ1n) is 10.4. The average Bonchev–Trinajstić information content (AvgIpc) is 2.78. The van der Waals surface area contributed by atoms with Crippen molar-refractivity contribution in [2.75, 3.05) is 17.3 Å². The van der Waals surface area contributed by atoms with E-state index >= 15 is 0 Å². The molecule has 3 aromatic rings. The van der Waals surface area contributed by atoms with Gasteiger partial charge in [0, 0.05) is 24.8 Å². The Bertz CT molecular complexity index is 1240. The fraction of sp³-hybridized carbons (Fsp3) is 0.304. The van der Waals surface area contributed by atoms with Crippen LogP contribution in [0.2, 0.25) is 10.0 Å². The van der Waals surface area contributed by atoms with Gasteiger partial charge in [0.05, 0.1) is 35.6 Å². The Morgan fingerprint density at radius 1 is 1.30 bits per heavy atom. The van der Waals surface area contributed by atoms with Crippen LogP contribution >= 0.6 is 23.2 Å². The van der Waals surface area contributed by atoms with Crippen LogP contribution in [0.4, 0.5) is 15.8 Å². The number of hydrogen-bond acceptors (Lipinski definition) is 7. The van der Waals surface area contributed by atoms with E-state index in [0.717, 1.165) is 5.56 Å². The van der Waals surface area contributed by atoms with Crippen LogP contribution in [-0.2, 0) is 13.0 Å². The number of nitrogens with zero attached hydrogens (tertiary/aromatic N) is 3. The molecule has 0 bridgehead atoms. The van der Waals surface area contributed by atoms with Gasteiger partial charge >= 0.3 is 0 Å². The summed E-state index contributed by atoms with van der Waals surface area (Å²) in [7, 11) is 1.50. The van der Waals surface area contributed by atoms with E-state index in [9.17, 15) is 9.50 Å². The number of anilines is 2. The highest BCUT2D eigenvalue weighted by Gasteiger charge is 2.39. The second-order valence-electron chi connectivity index (χ2n) is 8.13. The molecule has 2 atom stereocenters. The molecule has 7 nitrogen and oxygen atoms in total. The molecule has 10 heteroatoms. The van der Waals surface area contributed by atoms with E-state index < -0.39 is 17.8 Å². The molecule has 1 aromatic carbocycles. The summed E-state index contributed by atoms with van der Waals surface area (Å²) in [6, 6.07) is 6.50. The first-order chi connectivity index (χ1) is 15.8. The molecule has 0 aliphatic carbocycles.